The molecule has 1 aliphatic rings. The molecule has 0 saturated carbocycles. The fourth-order valence-electron chi connectivity index (χ4n) is 2.40. The van der Waals surface area contributed by atoms with Crippen molar-refractivity contribution in [2.75, 3.05) is 37.0 Å². The molecule has 0 amide bonds. The molecule has 1 N–H and O–H groups in total. The maximum Gasteiger partial charge on any atom is 0.311 e. The second-order valence-electron chi connectivity index (χ2n) is 4.75. The molecule has 1 aromatic heterocycles. The number of rotatable bonds is 5. The second-order valence-corrected chi connectivity index (χ2v) is 4.75. The summed E-state index contributed by atoms with van der Waals surface area (Å²) >= 11 is 0. The molecule has 0 radical (unpaired) electrons. The number of methoxy groups -OCH3 is 1. The van der Waals surface area contributed by atoms with Gasteiger partial charge in [-0.25, -0.2) is 4.98 Å². The Morgan fingerprint density at radius 2 is 2.20 bits per heavy atom. The Kier molecular flexibility index (Phi) is 4.73. The van der Waals surface area contributed by atoms with E-state index in [1.807, 2.05) is 11.8 Å². The summed E-state index contributed by atoms with van der Waals surface area (Å²) in [7, 11) is 1.70. The lowest BCUT2D eigenvalue weighted by Crippen LogP contribution is -2.37. The first-order valence-electron chi connectivity index (χ1n) is 6.82. The van der Waals surface area contributed by atoms with Crippen LogP contribution in [0.1, 0.15) is 19.8 Å². The van der Waals surface area contributed by atoms with E-state index in [1.54, 1.807) is 13.2 Å². The molecule has 0 bridgehead atoms. The van der Waals surface area contributed by atoms with Crippen molar-refractivity contribution in [1.29, 1.82) is 0 Å². The summed E-state index contributed by atoms with van der Waals surface area (Å²) in [6.07, 6.45) is 1.96. The van der Waals surface area contributed by atoms with Gasteiger partial charge < -0.3 is 15.0 Å². The molecule has 0 aromatic carbocycles. The number of aromatic nitrogens is 1. The molecule has 1 saturated heterocycles. The van der Waals surface area contributed by atoms with E-state index in [4.69, 9.17) is 4.74 Å². The summed E-state index contributed by atoms with van der Waals surface area (Å²) in [6, 6.07) is 3.16. The third-order valence-electron chi connectivity index (χ3n) is 3.48. The number of anilines is 2. The van der Waals surface area contributed by atoms with Crippen molar-refractivity contribution in [2.45, 2.75) is 25.9 Å². The minimum Gasteiger partial charge on any atom is -0.381 e. The largest absolute Gasteiger partial charge is 0.381 e. The molecule has 20 heavy (non-hydrogen) atoms. The summed E-state index contributed by atoms with van der Waals surface area (Å²) in [4.78, 5) is 17.1. The Morgan fingerprint density at radius 3 is 2.75 bits per heavy atom. The van der Waals surface area contributed by atoms with E-state index >= 15 is 0 Å². The van der Waals surface area contributed by atoms with E-state index in [9.17, 15) is 10.1 Å². The van der Waals surface area contributed by atoms with Gasteiger partial charge in [-0.3, -0.25) is 10.1 Å². The van der Waals surface area contributed by atoms with Gasteiger partial charge in [-0.05, 0) is 25.8 Å². The molecular weight excluding hydrogens is 260 g/mol. The van der Waals surface area contributed by atoms with Gasteiger partial charge in [0, 0.05) is 32.8 Å². The molecule has 0 aliphatic carbocycles. The van der Waals surface area contributed by atoms with E-state index < -0.39 is 0 Å². The molecule has 2 rings (SSSR count). The lowest BCUT2D eigenvalue weighted by atomic mass is 10.1. The first kappa shape index (κ1) is 14.5. The molecule has 2 heterocycles. The molecule has 1 aromatic rings. The molecule has 7 nitrogen and oxygen atoms in total. The van der Waals surface area contributed by atoms with Crippen molar-refractivity contribution in [3.8, 4) is 0 Å². The number of pyridine rings is 1. The zero-order valence-electron chi connectivity index (χ0n) is 11.8. The van der Waals surface area contributed by atoms with Gasteiger partial charge in [0.25, 0.3) is 0 Å². The smallest absolute Gasteiger partial charge is 0.311 e. The van der Waals surface area contributed by atoms with Crippen LogP contribution < -0.4 is 10.2 Å². The highest BCUT2D eigenvalue weighted by atomic mass is 16.6. The van der Waals surface area contributed by atoms with Crippen molar-refractivity contribution in [3.63, 3.8) is 0 Å². The SMILES string of the molecule is CCNc1ccc([N+](=O)[O-])c(N2CCC(OC)CC2)n1. The van der Waals surface area contributed by atoms with E-state index in [2.05, 4.69) is 10.3 Å². The topological polar surface area (TPSA) is 80.5 Å². The number of hydrogen-bond donors (Lipinski definition) is 1. The maximum atomic E-state index is 11.1. The Bertz CT molecular complexity index is 473. The van der Waals surface area contributed by atoms with Crippen molar-refractivity contribution in [1.82, 2.24) is 4.98 Å². The number of hydrogen-bond acceptors (Lipinski definition) is 6. The van der Waals surface area contributed by atoms with Gasteiger partial charge in [-0.2, -0.15) is 0 Å². The molecule has 0 unspecified atom stereocenters. The van der Waals surface area contributed by atoms with Crippen molar-refractivity contribution in [2.24, 2.45) is 0 Å². The van der Waals surface area contributed by atoms with E-state index in [-0.39, 0.29) is 16.7 Å². The standard InChI is InChI=1S/C13H20N4O3/c1-3-14-12-5-4-11(17(18)19)13(15-12)16-8-6-10(20-2)7-9-16/h4-5,10H,3,6-9H2,1-2H3,(H,14,15). The lowest BCUT2D eigenvalue weighted by Gasteiger charge is -2.31. The number of nitro groups is 1. The summed E-state index contributed by atoms with van der Waals surface area (Å²) in [5, 5.41) is 14.2. The predicted octanol–water partition coefficient (Wildman–Crippen LogP) is 2.04. The third-order valence-corrected chi connectivity index (χ3v) is 3.48. The molecule has 1 fully saturated rings. The number of piperidine rings is 1. The van der Waals surface area contributed by atoms with Crippen molar-refractivity contribution in [3.05, 3.63) is 22.2 Å². The highest BCUT2D eigenvalue weighted by Crippen LogP contribution is 2.30. The highest BCUT2D eigenvalue weighted by Gasteiger charge is 2.26. The molecule has 7 heteroatoms. The van der Waals surface area contributed by atoms with Gasteiger partial charge in [-0.1, -0.05) is 0 Å². The fraction of sp³-hybridized carbons (Fsp3) is 0.615. The van der Waals surface area contributed by atoms with E-state index in [0.29, 0.717) is 11.6 Å². The first-order chi connectivity index (χ1) is 9.65. The van der Waals surface area contributed by atoms with Gasteiger partial charge in [0.2, 0.25) is 5.82 Å². The Balaban J connectivity index is 2.23. The minimum atomic E-state index is -0.375. The summed E-state index contributed by atoms with van der Waals surface area (Å²) in [6.45, 7) is 4.15. The molecule has 110 valence electrons. The minimum absolute atomic E-state index is 0.0579. The van der Waals surface area contributed by atoms with Gasteiger partial charge >= 0.3 is 5.69 Å². The molecule has 0 atom stereocenters. The van der Waals surface area contributed by atoms with E-state index in [0.717, 1.165) is 32.5 Å². The van der Waals surface area contributed by atoms with Crippen molar-refractivity contribution >= 4 is 17.3 Å². The molecule has 0 spiro atoms. The van der Waals surface area contributed by atoms with Crippen LogP contribution >= 0.6 is 0 Å². The summed E-state index contributed by atoms with van der Waals surface area (Å²) in [5.41, 5.74) is 0.0579. The van der Waals surface area contributed by atoms with Crippen LogP contribution in [-0.4, -0.2) is 42.8 Å². The van der Waals surface area contributed by atoms with Crippen LogP contribution in [0.5, 0.6) is 0 Å². The first-order valence-corrected chi connectivity index (χ1v) is 6.82. The van der Waals surface area contributed by atoms with Crippen LogP contribution in [0.3, 0.4) is 0 Å². The van der Waals surface area contributed by atoms with Crippen LogP contribution in [-0.2, 0) is 4.74 Å². The number of nitrogens with one attached hydrogen (secondary N) is 1. The molecule has 1 aliphatic heterocycles. The van der Waals surface area contributed by atoms with Gasteiger partial charge in [0.15, 0.2) is 0 Å². The Hall–Kier alpha value is -1.89. The zero-order valence-corrected chi connectivity index (χ0v) is 11.8. The van der Waals surface area contributed by atoms with Crippen LogP contribution in [0.2, 0.25) is 0 Å². The zero-order chi connectivity index (χ0) is 14.5. The summed E-state index contributed by atoms with van der Waals surface area (Å²) in [5.74, 6) is 1.12. The normalized spacial score (nSPS) is 16.2. The number of ether oxygens (including phenoxy) is 1. The average molecular weight is 280 g/mol. The van der Waals surface area contributed by atoms with E-state index in [1.165, 1.54) is 6.07 Å². The van der Waals surface area contributed by atoms with Gasteiger partial charge in [-0.15, -0.1) is 0 Å². The van der Waals surface area contributed by atoms with Gasteiger partial charge in [0.05, 0.1) is 11.0 Å². The predicted molar refractivity (Wildman–Crippen MR) is 77.3 cm³/mol. The Labute approximate surface area is 118 Å². The van der Waals surface area contributed by atoms with Crippen LogP contribution in [0.4, 0.5) is 17.3 Å². The monoisotopic (exact) mass is 280 g/mol. The lowest BCUT2D eigenvalue weighted by molar-refractivity contribution is -0.384. The van der Waals surface area contributed by atoms with Crippen LogP contribution in [0, 0.1) is 10.1 Å². The van der Waals surface area contributed by atoms with Crippen LogP contribution in [0.25, 0.3) is 0 Å². The second kappa shape index (κ2) is 6.51. The fourth-order valence-corrected chi connectivity index (χ4v) is 2.40. The number of nitrogens with zero attached hydrogens (tertiary/aromatic N) is 3. The summed E-state index contributed by atoms with van der Waals surface area (Å²) < 4.78 is 5.32. The maximum absolute atomic E-state index is 11.1. The van der Waals surface area contributed by atoms with Gasteiger partial charge in [0.1, 0.15) is 5.82 Å². The van der Waals surface area contributed by atoms with Crippen LogP contribution in [0.15, 0.2) is 12.1 Å². The quantitative estimate of drug-likeness (QED) is 0.656. The highest BCUT2D eigenvalue weighted by molar-refractivity contribution is 5.62. The average Bonchev–Trinajstić information content (AvgIpc) is 2.47. The third kappa shape index (κ3) is 3.16. The Morgan fingerprint density at radius 1 is 1.50 bits per heavy atom. The molecular formula is C13H20N4O3. The van der Waals surface area contributed by atoms with Crippen molar-refractivity contribution < 1.29 is 9.66 Å².